The van der Waals surface area contributed by atoms with E-state index in [1.54, 1.807) is 30.5 Å². The fourth-order valence-electron chi connectivity index (χ4n) is 2.21. The first kappa shape index (κ1) is 14.7. The first-order valence-electron chi connectivity index (χ1n) is 6.91. The summed E-state index contributed by atoms with van der Waals surface area (Å²) in [5, 5.41) is 0.359. The van der Waals surface area contributed by atoms with Gasteiger partial charge in [0.1, 0.15) is 5.49 Å². The minimum Gasteiger partial charge on any atom is -0.454 e. The summed E-state index contributed by atoms with van der Waals surface area (Å²) in [7, 11) is 0. The molecule has 0 saturated heterocycles. The van der Waals surface area contributed by atoms with Gasteiger partial charge >= 0.3 is 0 Å². The topological polar surface area (TPSA) is 52.8 Å². The van der Waals surface area contributed by atoms with Gasteiger partial charge in [0, 0.05) is 17.8 Å². The molecule has 0 radical (unpaired) electrons. The highest BCUT2D eigenvalue weighted by molar-refractivity contribution is 6.32. The summed E-state index contributed by atoms with van der Waals surface area (Å²) >= 11 is 6.14. The van der Waals surface area contributed by atoms with E-state index in [0.717, 1.165) is 0 Å². The first-order chi connectivity index (χ1) is 10.6. The Morgan fingerprint density at radius 2 is 2.14 bits per heavy atom. The zero-order valence-corrected chi connectivity index (χ0v) is 13.0. The molecule has 5 nitrogen and oxygen atoms in total. The van der Waals surface area contributed by atoms with Gasteiger partial charge in [0.25, 0.3) is 5.91 Å². The van der Waals surface area contributed by atoms with Gasteiger partial charge in [0.2, 0.25) is 6.79 Å². The van der Waals surface area contributed by atoms with Gasteiger partial charge in [-0.05, 0) is 38.1 Å². The van der Waals surface area contributed by atoms with Crippen molar-refractivity contribution in [2.24, 2.45) is 4.99 Å². The van der Waals surface area contributed by atoms with E-state index in [9.17, 15) is 4.79 Å². The Morgan fingerprint density at radius 3 is 2.91 bits per heavy atom. The van der Waals surface area contributed by atoms with Crippen molar-refractivity contribution in [2.45, 2.75) is 19.9 Å². The molecule has 0 aliphatic carbocycles. The third kappa shape index (κ3) is 2.72. The van der Waals surface area contributed by atoms with Crippen molar-refractivity contribution >= 4 is 17.5 Å². The molecule has 3 rings (SSSR count). The Morgan fingerprint density at radius 1 is 1.32 bits per heavy atom. The summed E-state index contributed by atoms with van der Waals surface area (Å²) in [5.41, 5.74) is 1.02. The Balaban J connectivity index is 2.08. The fourth-order valence-corrected chi connectivity index (χ4v) is 2.47. The molecule has 2 aromatic rings. The SMILES string of the molecule is CC(C)N=c1ccccn1C(=O)c1cc(Cl)c2c(c1)OCO2. The summed E-state index contributed by atoms with van der Waals surface area (Å²) in [4.78, 5) is 17.2. The lowest BCUT2D eigenvalue weighted by atomic mass is 10.2. The minimum absolute atomic E-state index is 0.0850. The largest absolute Gasteiger partial charge is 0.454 e. The number of benzene rings is 1. The number of carbonyl (C=O) groups is 1. The van der Waals surface area contributed by atoms with Crippen molar-refractivity contribution in [3.8, 4) is 11.5 Å². The van der Waals surface area contributed by atoms with E-state index < -0.39 is 0 Å². The molecule has 2 heterocycles. The maximum atomic E-state index is 12.7. The number of fused-ring (bicyclic) bond motifs is 1. The van der Waals surface area contributed by atoms with Crippen molar-refractivity contribution in [2.75, 3.05) is 6.79 Å². The Bertz CT molecular complexity index is 796. The van der Waals surface area contributed by atoms with Crippen molar-refractivity contribution < 1.29 is 14.3 Å². The molecule has 1 aliphatic heterocycles. The average Bonchev–Trinajstić information content (AvgIpc) is 2.95. The van der Waals surface area contributed by atoms with Gasteiger partial charge in [-0.3, -0.25) is 14.4 Å². The van der Waals surface area contributed by atoms with E-state index in [0.29, 0.717) is 27.6 Å². The molecule has 114 valence electrons. The highest BCUT2D eigenvalue weighted by Crippen LogP contribution is 2.39. The zero-order chi connectivity index (χ0) is 15.7. The molecule has 0 bridgehead atoms. The van der Waals surface area contributed by atoms with Crippen LogP contribution in [0.25, 0.3) is 0 Å². The molecule has 22 heavy (non-hydrogen) atoms. The number of aromatic nitrogens is 1. The van der Waals surface area contributed by atoms with E-state index in [4.69, 9.17) is 21.1 Å². The number of ether oxygens (including phenoxy) is 2. The summed E-state index contributed by atoms with van der Waals surface area (Å²) < 4.78 is 12.1. The van der Waals surface area contributed by atoms with E-state index in [2.05, 4.69) is 4.99 Å². The molecule has 1 aromatic carbocycles. The summed E-state index contributed by atoms with van der Waals surface area (Å²) in [5.74, 6) is 0.735. The highest BCUT2D eigenvalue weighted by atomic mass is 35.5. The van der Waals surface area contributed by atoms with Crippen LogP contribution < -0.4 is 15.0 Å². The van der Waals surface area contributed by atoms with Gasteiger partial charge in [0.05, 0.1) is 5.02 Å². The molecule has 1 aliphatic rings. The van der Waals surface area contributed by atoms with E-state index in [1.165, 1.54) is 4.57 Å². The molecule has 1 aromatic heterocycles. The molecule has 0 atom stereocenters. The van der Waals surface area contributed by atoms with E-state index in [-0.39, 0.29) is 18.7 Å². The number of hydrogen-bond acceptors (Lipinski definition) is 4. The maximum Gasteiger partial charge on any atom is 0.263 e. The monoisotopic (exact) mass is 318 g/mol. The van der Waals surface area contributed by atoms with Crippen LogP contribution in [0.2, 0.25) is 5.02 Å². The van der Waals surface area contributed by atoms with Crippen LogP contribution in [-0.2, 0) is 0 Å². The third-order valence-corrected chi connectivity index (χ3v) is 3.40. The maximum absolute atomic E-state index is 12.7. The van der Waals surface area contributed by atoms with Crippen molar-refractivity contribution in [1.29, 1.82) is 0 Å². The average molecular weight is 319 g/mol. The Hall–Kier alpha value is -2.27. The molecule has 6 heteroatoms. The van der Waals surface area contributed by atoms with Crippen LogP contribution in [0.1, 0.15) is 24.2 Å². The summed E-state index contributed by atoms with van der Waals surface area (Å²) in [6.45, 7) is 4.03. The number of pyridine rings is 1. The predicted molar refractivity (Wildman–Crippen MR) is 82.4 cm³/mol. The highest BCUT2D eigenvalue weighted by Gasteiger charge is 2.21. The van der Waals surface area contributed by atoms with Gasteiger partial charge in [-0.15, -0.1) is 0 Å². The van der Waals surface area contributed by atoms with Crippen molar-refractivity contribution in [3.63, 3.8) is 0 Å². The van der Waals surface area contributed by atoms with E-state index >= 15 is 0 Å². The van der Waals surface area contributed by atoms with Gasteiger partial charge in [-0.1, -0.05) is 17.7 Å². The second kappa shape index (κ2) is 5.85. The van der Waals surface area contributed by atoms with Crippen LogP contribution in [0, 0.1) is 0 Å². The molecule has 0 spiro atoms. The number of halogens is 1. The fraction of sp³-hybridized carbons (Fsp3) is 0.250. The van der Waals surface area contributed by atoms with Gasteiger partial charge in [-0.25, -0.2) is 0 Å². The Kier molecular flexibility index (Phi) is 3.90. The van der Waals surface area contributed by atoms with Crippen molar-refractivity contribution in [1.82, 2.24) is 4.57 Å². The standard InChI is InChI=1S/C16H15ClN2O3/c1-10(2)18-14-5-3-4-6-19(14)16(20)11-7-12(17)15-13(8-11)21-9-22-15/h3-8,10H,9H2,1-2H3. The minimum atomic E-state index is -0.222. The van der Waals surface area contributed by atoms with Crippen LogP contribution in [0.15, 0.2) is 41.5 Å². The number of nitrogens with zero attached hydrogens (tertiary/aromatic N) is 2. The molecule has 0 N–H and O–H groups in total. The lowest BCUT2D eigenvalue weighted by molar-refractivity contribution is 0.0954. The second-order valence-corrected chi connectivity index (χ2v) is 5.56. The smallest absolute Gasteiger partial charge is 0.263 e. The van der Waals surface area contributed by atoms with Crippen LogP contribution in [0.3, 0.4) is 0 Å². The lowest BCUT2D eigenvalue weighted by Crippen LogP contribution is -2.28. The molecule has 0 saturated carbocycles. The predicted octanol–water partition coefficient (Wildman–Crippen LogP) is 2.87. The molecule has 0 amide bonds. The third-order valence-electron chi connectivity index (χ3n) is 3.12. The van der Waals surface area contributed by atoms with Gasteiger partial charge < -0.3 is 9.47 Å². The lowest BCUT2D eigenvalue weighted by Gasteiger charge is -2.08. The number of carbonyl (C=O) groups excluding carboxylic acids is 1. The Labute approximate surface area is 132 Å². The molecular weight excluding hydrogens is 304 g/mol. The number of rotatable bonds is 2. The van der Waals surface area contributed by atoms with Crippen molar-refractivity contribution in [3.05, 3.63) is 52.6 Å². The second-order valence-electron chi connectivity index (χ2n) is 5.15. The quantitative estimate of drug-likeness (QED) is 0.855. The molecule has 0 unspecified atom stereocenters. The van der Waals surface area contributed by atoms with Crippen LogP contribution in [0.4, 0.5) is 0 Å². The van der Waals surface area contributed by atoms with Crippen LogP contribution >= 0.6 is 11.6 Å². The van der Waals surface area contributed by atoms with Gasteiger partial charge in [0.15, 0.2) is 11.5 Å². The zero-order valence-electron chi connectivity index (χ0n) is 12.2. The van der Waals surface area contributed by atoms with Crippen LogP contribution in [0.5, 0.6) is 11.5 Å². The molecular formula is C16H15ClN2O3. The first-order valence-corrected chi connectivity index (χ1v) is 7.29. The van der Waals surface area contributed by atoms with Gasteiger partial charge in [-0.2, -0.15) is 0 Å². The number of hydrogen-bond donors (Lipinski definition) is 0. The molecule has 0 fully saturated rings. The summed E-state index contributed by atoms with van der Waals surface area (Å²) in [6, 6.07) is 8.73. The van der Waals surface area contributed by atoms with Crippen LogP contribution in [-0.4, -0.2) is 23.3 Å². The normalized spacial score (nSPS) is 13.7. The van der Waals surface area contributed by atoms with E-state index in [1.807, 2.05) is 19.9 Å². The summed E-state index contributed by atoms with van der Waals surface area (Å²) in [6.07, 6.45) is 1.68.